The number of piperidine rings is 1. The van der Waals surface area contributed by atoms with Gasteiger partial charge in [-0.05, 0) is 32.4 Å². The molecule has 0 radical (unpaired) electrons. The van der Waals surface area contributed by atoms with Gasteiger partial charge >= 0.3 is 0 Å². The lowest BCUT2D eigenvalue weighted by Crippen LogP contribution is -2.34. The highest BCUT2D eigenvalue weighted by atomic mass is 32.1. The molecule has 1 N–H and O–H groups in total. The lowest BCUT2D eigenvalue weighted by molar-refractivity contribution is 0.0964. The molecule has 4 rings (SSSR count). The maximum Gasteiger partial charge on any atom is 0.256 e. The first-order valence-corrected chi connectivity index (χ1v) is 9.71. The van der Waals surface area contributed by atoms with Crippen LogP contribution in [0.3, 0.4) is 0 Å². The number of amides is 1. The molecule has 136 valence electrons. The van der Waals surface area contributed by atoms with E-state index < -0.39 is 0 Å². The van der Waals surface area contributed by atoms with E-state index in [1.54, 1.807) is 30.8 Å². The Balaban J connectivity index is 1.60. The smallest absolute Gasteiger partial charge is 0.256 e. The second-order valence-corrected chi connectivity index (χ2v) is 7.62. The Hall–Kier alpha value is -2.32. The molecule has 0 aromatic carbocycles. The van der Waals surface area contributed by atoms with E-state index >= 15 is 0 Å². The zero-order valence-corrected chi connectivity index (χ0v) is 15.8. The molecule has 1 amide bonds. The third kappa shape index (κ3) is 3.10. The summed E-state index contributed by atoms with van der Waals surface area (Å²) in [6.45, 7) is 5.10. The molecule has 7 nitrogen and oxygen atoms in total. The number of nitrogens with one attached hydrogen (secondary N) is 1. The van der Waals surface area contributed by atoms with Gasteiger partial charge in [0.1, 0.15) is 5.56 Å². The summed E-state index contributed by atoms with van der Waals surface area (Å²) < 4.78 is 1.83. The third-order valence-electron chi connectivity index (χ3n) is 5.04. The highest BCUT2D eigenvalue weighted by molar-refractivity contribution is 7.09. The summed E-state index contributed by atoms with van der Waals surface area (Å²) in [4.78, 5) is 24.6. The Morgan fingerprint density at radius 3 is 3.08 bits per heavy atom. The van der Waals surface area contributed by atoms with Crippen LogP contribution in [-0.4, -0.2) is 50.5 Å². The maximum atomic E-state index is 12.0. The Kier molecular flexibility index (Phi) is 4.69. The van der Waals surface area contributed by atoms with Crippen molar-refractivity contribution in [3.05, 3.63) is 45.8 Å². The molecular weight excluding hydrogens is 348 g/mol. The summed E-state index contributed by atoms with van der Waals surface area (Å²) in [6.07, 6.45) is 5.65. The standard InChI is InChI=1S/C18H22N6OS/c1-12-16(26-11-21-12)10-23-7-3-4-13(9-23)15-5-6-20-17-14(18(25)19-2)8-22-24(15)17/h5-6,8,11,13H,3-4,7,9-10H2,1-2H3,(H,19,25)/t13-/m0/s1. The van der Waals surface area contributed by atoms with Crippen LogP contribution < -0.4 is 5.32 Å². The Morgan fingerprint density at radius 1 is 1.42 bits per heavy atom. The van der Waals surface area contributed by atoms with Crippen molar-refractivity contribution in [1.29, 1.82) is 0 Å². The minimum absolute atomic E-state index is 0.157. The summed E-state index contributed by atoms with van der Waals surface area (Å²) in [5.74, 6) is 0.218. The number of thiazole rings is 1. The van der Waals surface area contributed by atoms with Crippen molar-refractivity contribution < 1.29 is 4.79 Å². The van der Waals surface area contributed by atoms with Gasteiger partial charge in [-0.3, -0.25) is 9.69 Å². The fourth-order valence-electron chi connectivity index (χ4n) is 3.64. The average molecular weight is 370 g/mol. The molecule has 0 spiro atoms. The molecule has 1 saturated heterocycles. The van der Waals surface area contributed by atoms with Gasteiger partial charge in [-0.1, -0.05) is 0 Å². The first kappa shape index (κ1) is 17.1. The molecule has 3 aromatic heterocycles. The molecule has 1 atom stereocenters. The largest absolute Gasteiger partial charge is 0.355 e. The van der Waals surface area contributed by atoms with Gasteiger partial charge in [0.05, 0.1) is 23.1 Å². The summed E-state index contributed by atoms with van der Waals surface area (Å²) in [6, 6.07) is 2.03. The predicted octanol–water partition coefficient (Wildman–Crippen LogP) is 2.23. The fraction of sp³-hybridized carbons (Fsp3) is 0.444. The Morgan fingerprint density at radius 2 is 2.31 bits per heavy atom. The highest BCUT2D eigenvalue weighted by Crippen LogP contribution is 2.29. The van der Waals surface area contributed by atoms with Gasteiger partial charge in [-0.2, -0.15) is 5.10 Å². The number of carbonyl (C=O) groups excluding carboxylic acids is 1. The molecule has 0 saturated carbocycles. The highest BCUT2D eigenvalue weighted by Gasteiger charge is 2.25. The summed E-state index contributed by atoms with van der Waals surface area (Å²) in [7, 11) is 1.62. The maximum absolute atomic E-state index is 12.0. The summed E-state index contributed by atoms with van der Waals surface area (Å²) in [5, 5.41) is 7.09. The molecule has 4 heterocycles. The van der Waals surface area contributed by atoms with Crippen molar-refractivity contribution in [2.24, 2.45) is 0 Å². The third-order valence-corrected chi connectivity index (χ3v) is 5.96. The molecule has 8 heteroatoms. The van der Waals surface area contributed by atoms with Crippen LogP contribution in [0.4, 0.5) is 0 Å². The molecule has 1 aliphatic rings. The topological polar surface area (TPSA) is 75.4 Å². The van der Waals surface area contributed by atoms with Gasteiger partial charge in [0.2, 0.25) is 0 Å². The van der Waals surface area contributed by atoms with Crippen LogP contribution in [0.2, 0.25) is 0 Å². The zero-order chi connectivity index (χ0) is 18.1. The average Bonchev–Trinajstić information content (AvgIpc) is 3.27. The van der Waals surface area contributed by atoms with Crippen LogP contribution in [0.25, 0.3) is 5.65 Å². The zero-order valence-electron chi connectivity index (χ0n) is 15.0. The molecule has 1 fully saturated rings. The van der Waals surface area contributed by atoms with Crippen molar-refractivity contribution in [1.82, 2.24) is 29.8 Å². The van der Waals surface area contributed by atoms with E-state index in [0.29, 0.717) is 17.1 Å². The van der Waals surface area contributed by atoms with E-state index in [4.69, 9.17) is 0 Å². The van der Waals surface area contributed by atoms with E-state index in [1.807, 2.05) is 16.1 Å². The van der Waals surface area contributed by atoms with Crippen molar-refractivity contribution in [3.63, 3.8) is 0 Å². The molecule has 0 unspecified atom stereocenters. The van der Waals surface area contributed by atoms with Gasteiger partial charge < -0.3 is 5.32 Å². The number of likely N-dealkylation sites (tertiary alicyclic amines) is 1. The molecule has 26 heavy (non-hydrogen) atoms. The van der Waals surface area contributed by atoms with Crippen molar-refractivity contribution in [3.8, 4) is 0 Å². The van der Waals surface area contributed by atoms with Gasteiger partial charge in [-0.15, -0.1) is 11.3 Å². The van der Waals surface area contributed by atoms with Crippen LogP contribution in [0.5, 0.6) is 0 Å². The van der Waals surface area contributed by atoms with Gasteiger partial charge in [-0.25, -0.2) is 14.5 Å². The Labute approximate surface area is 156 Å². The van der Waals surface area contributed by atoms with E-state index in [1.165, 1.54) is 4.88 Å². The van der Waals surface area contributed by atoms with Crippen LogP contribution in [0.15, 0.2) is 24.0 Å². The quantitative estimate of drug-likeness (QED) is 0.762. The molecule has 0 bridgehead atoms. The summed E-state index contributed by atoms with van der Waals surface area (Å²) in [5.41, 5.74) is 5.31. The minimum Gasteiger partial charge on any atom is -0.355 e. The van der Waals surface area contributed by atoms with Crippen LogP contribution >= 0.6 is 11.3 Å². The number of aryl methyl sites for hydroxylation is 1. The SMILES string of the molecule is CNC(=O)c1cnn2c([C@H]3CCCN(Cc4scnc4C)C3)ccnc12. The van der Waals surface area contributed by atoms with Gasteiger partial charge in [0.25, 0.3) is 5.91 Å². The number of nitrogens with zero attached hydrogens (tertiary/aromatic N) is 5. The second kappa shape index (κ2) is 7.13. The van der Waals surface area contributed by atoms with E-state index in [2.05, 4.69) is 32.2 Å². The van der Waals surface area contributed by atoms with Crippen LogP contribution in [0.1, 0.15) is 45.4 Å². The minimum atomic E-state index is -0.157. The van der Waals surface area contributed by atoms with E-state index in [9.17, 15) is 4.79 Å². The number of rotatable bonds is 4. The normalized spacial score (nSPS) is 18.3. The molecule has 3 aromatic rings. The summed E-state index contributed by atoms with van der Waals surface area (Å²) >= 11 is 1.73. The number of carbonyl (C=O) groups is 1. The molecule has 1 aliphatic heterocycles. The first-order chi connectivity index (χ1) is 12.7. The number of hydrogen-bond acceptors (Lipinski definition) is 6. The monoisotopic (exact) mass is 370 g/mol. The lowest BCUT2D eigenvalue weighted by atomic mass is 9.94. The molecular formula is C18H22N6OS. The van der Waals surface area contributed by atoms with Gasteiger partial charge in [0, 0.05) is 37.1 Å². The van der Waals surface area contributed by atoms with E-state index in [0.717, 1.165) is 43.9 Å². The lowest BCUT2D eigenvalue weighted by Gasteiger charge is -2.32. The van der Waals surface area contributed by atoms with Crippen molar-refractivity contribution >= 4 is 22.9 Å². The first-order valence-electron chi connectivity index (χ1n) is 8.83. The second-order valence-electron chi connectivity index (χ2n) is 6.68. The molecule has 0 aliphatic carbocycles. The number of hydrogen-bond donors (Lipinski definition) is 1. The van der Waals surface area contributed by atoms with Gasteiger partial charge in [0.15, 0.2) is 5.65 Å². The van der Waals surface area contributed by atoms with Crippen molar-refractivity contribution in [2.45, 2.75) is 32.2 Å². The fourth-order valence-corrected chi connectivity index (χ4v) is 4.45. The number of aromatic nitrogens is 4. The van der Waals surface area contributed by atoms with E-state index in [-0.39, 0.29) is 5.91 Å². The van der Waals surface area contributed by atoms with Crippen LogP contribution in [-0.2, 0) is 6.54 Å². The predicted molar refractivity (Wildman–Crippen MR) is 100 cm³/mol. The Bertz CT molecular complexity index is 933. The number of fused-ring (bicyclic) bond motifs is 1. The van der Waals surface area contributed by atoms with Crippen LogP contribution in [0, 0.1) is 6.92 Å². The van der Waals surface area contributed by atoms with Crippen molar-refractivity contribution in [2.75, 3.05) is 20.1 Å².